The Labute approximate surface area is 165 Å². The molecule has 8 heteroatoms. The molecular weight excluding hydrogens is 361 g/mol. The zero-order valence-electron chi connectivity index (χ0n) is 16.7. The van der Waals surface area contributed by atoms with Crippen LogP contribution < -0.4 is 20.1 Å². The van der Waals surface area contributed by atoms with Gasteiger partial charge in [-0.25, -0.2) is 9.37 Å². The van der Waals surface area contributed by atoms with Crippen molar-refractivity contribution in [3.8, 4) is 11.5 Å². The average molecular weight is 389 g/mol. The van der Waals surface area contributed by atoms with Gasteiger partial charge in [0.1, 0.15) is 5.82 Å². The molecule has 28 heavy (non-hydrogen) atoms. The van der Waals surface area contributed by atoms with Gasteiger partial charge in [-0.3, -0.25) is 0 Å². The first kappa shape index (κ1) is 20.1. The molecule has 0 atom stereocenters. The van der Waals surface area contributed by atoms with Crippen LogP contribution >= 0.6 is 0 Å². The predicted molar refractivity (Wildman–Crippen MR) is 108 cm³/mol. The van der Waals surface area contributed by atoms with Crippen LogP contribution in [0.2, 0.25) is 0 Å². The van der Waals surface area contributed by atoms with E-state index in [1.807, 2.05) is 13.0 Å². The molecular formula is C20H28FN5O2. The third-order valence-electron chi connectivity index (χ3n) is 4.69. The number of benzene rings is 1. The second-order valence-corrected chi connectivity index (χ2v) is 6.83. The Morgan fingerprint density at radius 3 is 2.64 bits per heavy atom. The average Bonchev–Trinajstić information content (AvgIpc) is 3.20. The standard InChI is InChI=1S/C20H28FN5O2/c1-14-11-19(22-2)25-20(23-14)24-16-13-18(17(27-3)12-15(16)21)28-10-6-9-26-7-4-5-8-26/h11-13H,4-10H2,1-3H3,(H2,22,23,24,25). The van der Waals surface area contributed by atoms with Crippen molar-refractivity contribution in [2.75, 3.05) is 51.0 Å². The van der Waals surface area contributed by atoms with Gasteiger partial charge in [0.2, 0.25) is 5.95 Å². The third kappa shape index (κ3) is 5.22. The number of rotatable bonds is 9. The molecule has 2 aromatic rings. The van der Waals surface area contributed by atoms with Crippen LogP contribution in [-0.2, 0) is 0 Å². The molecule has 0 amide bonds. The molecule has 0 unspecified atom stereocenters. The van der Waals surface area contributed by atoms with Crippen molar-refractivity contribution in [3.63, 3.8) is 0 Å². The van der Waals surface area contributed by atoms with Gasteiger partial charge in [-0.2, -0.15) is 4.98 Å². The molecule has 152 valence electrons. The maximum Gasteiger partial charge on any atom is 0.229 e. The van der Waals surface area contributed by atoms with Gasteiger partial charge in [-0.05, 0) is 39.3 Å². The van der Waals surface area contributed by atoms with Crippen LogP contribution in [0.3, 0.4) is 0 Å². The predicted octanol–water partition coefficient (Wildman–Crippen LogP) is 3.58. The van der Waals surface area contributed by atoms with E-state index in [2.05, 4.69) is 25.5 Å². The van der Waals surface area contributed by atoms with Gasteiger partial charge in [0.05, 0.1) is 19.4 Å². The summed E-state index contributed by atoms with van der Waals surface area (Å²) in [4.78, 5) is 11.0. The molecule has 0 bridgehead atoms. The topological polar surface area (TPSA) is 71.5 Å². The van der Waals surface area contributed by atoms with Gasteiger partial charge >= 0.3 is 0 Å². The fourth-order valence-corrected chi connectivity index (χ4v) is 3.25. The summed E-state index contributed by atoms with van der Waals surface area (Å²) in [5, 5.41) is 5.90. The molecule has 3 rings (SSSR count). The smallest absolute Gasteiger partial charge is 0.229 e. The number of halogens is 1. The van der Waals surface area contributed by atoms with Crippen molar-refractivity contribution in [1.82, 2.24) is 14.9 Å². The van der Waals surface area contributed by atoms with E-state index in [9.17, 15) is 4.39 Å². The number of nitrogens with one attached hydrogen (secondary N) is 2. The third-order valence-corrected chi connectivity index (χ3v) is 4.69. The minimum absolute atomic E-state index is 0.239. The van der Waals surface area contributed by atoms with Crippen molar-refractivity contribution in [1.29, 1.82) is 0 Å². The van der Waals surface area contributed by atoms with E-state index in [-0.39, 0.29) is 5.69 Å². The largest absolute Gasteiger partial charge is 0.493 e. The van der Waals surface area contributed by atoms with E-state index < -0.39 is 5.82 Å². The van der Waals surface area contributed by atoms with E-state index in [0.717, 1.165) is 18.7 Å². The van der Waals surface area contributed by atoms with Crippen molar-refractivity contribution in [2.24, 2.45) is 0 Å². The summed E-state index contributed by atoms with van der Waals surface area (Å²) < 4.78 is 25.7. The van der Waals surface area contributed by atoms with Crippen molar-refractivity contribution < 1.29 is 13.9 Å². The van der Waals surface area contributed by atoms with E-state index in [4.69, 9.17) is 9.47 Å². The second-order valence-electron chi connectivity index (χ2n) is 6.83. The summed E-state index contributed by atoms with van der Waals surface area (Å²) in [6, 6.07) is 4.71. The minimum atomic E-state index is -0.461. The van der Waals surface area contributed by atoms with E-state index in [1.165, 1.54) is 39.1 Å². The Morgan fingerprint density at radius 2 is 1.93 bits per heavy atom. The maximum atomic E-state index is 14.5. The Bertz CT molecular complexity index is 796. The monoisotopic (exact) mass is 389 g/mol. The SMILES string of the molecule is CNc1cc(C)nc(Nc2cc(OCCCN3CCCC3)c(OC)cc2F)n1. The highest BCUT2D eigenvalue weighted by Crippen LogP contribution is 2.34. The van der Waals surface area contributed by atoms with Gasteiger partial charge < -0.3 is 25.0 Å². The van der Waals surface area contributed by atoms with Crippen LogP contribution in [0.15, 0.2) is 18.2 Å². The second kappa shape index (κ2) is 9.54. The molecule has 1 aromatic heterocycles. The fourth-order valence-electron chi connectivity index (χ4n) is 3.25. The van der Waals surface area contributed by atoms with Crippen LogP contribution in [0.5, 0.6) is 11.5 Å². The number of ether oxygens (including phenoxy) is 2. The molecule has 1 aliphatic heterocycles. The summed E-state index contributed by atoms with van der Waals surface area (Å²) in [6.45, 7) is 5.74. The Morgan fingerprint density at radius 1 is 1.14 bits per heavy atom. The summed E-state index contributed by atoms with van der Waals surface area (Å²) >= 11 is 0. The zero-order chi connectivity index (χ0) is 19.9. The van der Waals surface area contributed by atoms with Crippen molar-refractivity contribution in [2.45, 2.75) is 26.2 Å². The van der Waals surface area contributed by atoms with Gasteiger partial charge in [-0.1, -0.05) is 0 Å². The van der Waals surface area contributed by atoms with Gasteiger partial charge in [0.25, 0.3) is 0 Å². The van der Waals surface area contributed by atoms with Gasteiger partial charge in [0.15, 0.2) is 17.3 Å². The van der Waals surface area contributed by atoms with Crippen molar-refractivity contribution >= 4 is 17.5 Å². The van der Waals surface area contributed by atoms with Crippen LogP contribution in [0.1, 0.15) is 25.0 Å². The lowest BCUT2D eigenvalue weighted by Gasteiger charge is -2.16. The molecule has 1 aromatic carbocycles. The highest BCUT2D eigenvalue weighted by Gasteiger charge is 2.15. The fraction of sp³-hybridized carbons (Fsp3) is 0.500. The number of likely N-dealkylation sites (tertiary alicyclic amines) is 1. The van der Waals surface area contributed by atoms with Gasteiger partial charge in [0, 0.05) is 37.5 Å². The van der Waals surface area contributed by atoms with E-state index in [1.54, 1.807) is 13.1 Å². The molecule has 2 heterocycles. The van der Waals surface area contributed by atoms with E-state index in [0.29, 0.717) is 29.9 Å². The first-order valence-corrected chi connectivity index (χ1v) is 9.62. The normalized spacial score (nSPS) is 14.1. The van der Waals surface area contributed by atoms with E-state index >= 15 is 0 Å². The highest BCUT2D eigenvalue weighted by molar-refractivity contribution is 5.61. The molecule has 0 spiro atoms. The van der Waals surface area contributed by atoms with Gasteiger partial charge in [-0.15, -0.1) is 0 Å². The van der Waals surface area contributed by atoms with Crippen LogP contribution in [0, 0.1) is 12.7 Å². The number of aryl methyl sites for hydroxylation is 1. The van der Waals surface area contributed by atoms with Crippen molar-refractivity contribution in [3.05, 3.63) is 29.7 Å². The molecule has 7 nitrogen and oxygen atoms in total. The molecule has 0 radical (unpaired) electrons. The number of methoxy groups -OCH3 is 1. The molecule has 1 aliphatic rings. The minimum Gasteiger partial charge on any atom is -0.493 e. The lowest BCUT2D eigenvalue weighted by molar-refractivity contribution is 0.254. The molecule has 1 fully saturated rings. The Hall–Kier alpha value is -2.61. The molecule has 2 N–H and O–H groups in total. The number of aromatic nitrogens is 2. The first-order chi connectivity index (χ1) is 13.6. The maximum absolute atomic E-state index is 14.5. The quantitative estimate of drug-likeness (QED) is 0.635. The lowest BCUT2D eigenvalue weighted by Crippen LogP contribution is -2.22. The molecule has 0 aliphatic carbocycles. The molecule has 0 saturated carbocycles. The summed E-state index contributed by atoms with van der Waals surface area (Å²) in [6.07, 6.45) is 3.46. The summed E-state index contributed by atoms with van der Waals surface area (Å²) in [7, 11) is 3.27. The number of hydrogen-bond acceptors (Lipinski definition) is 7. The number of nitrogens with zero attached hydrogens (tertiary/aromatic N) is 3. The van der Waals surface area contributed by atoms with Crippen LogP contribution in [0.25, 0.3) is 0 Å². The molecule has 1 saturated heterocycles. The first-order valence-electron chi connectivity index (χ1n) is 9.62. The number of anilines is 3. The lowest BCUT2D eigenvalue weighted by atomic mass is 10.2. The Kier molecular flexibility index (Phi) is 6.86. The number of hydrogen-bond donors (Lipinski definition) is 2. The Balaban J connectivity index is 1.69. The highest BCUT2D eigenvalue weighted by atomic mass is 19.1. The van der Waals surface area contributed by atoms with Crippen LogP contribution in [0.4, 0.5) is 21.8 Å². The summed E-state index contributed by atoms with van der Waals surface area (Å²) in [5.74, 6) is 1.37. The summed E-state index contributed by atoms with van der Waals surface area (Å²) in [5.41, 5.74) is 1.01. The zero-order valence-corrected chi connectivity index (χ0v) is 16.7. The van der Waals surface area contributed by atoms with Crippen LogP contribution in [-0.4, -0.2) is 55.3 Å².